The fourth-order valence-electron chi connectivity index (χ4n) is 6.83. The van der Waals surface area contributed by atoms with Crippen LogP contribution in [0.2, 0.25) is 0 Å². The van der Waals surface area contributed by atoms with Gasteiger partial charge in [-0.15, -0.1) is 0 Å². The standard InChI is InChI=1S/C35H29BO2S/c1-33(2)34(3,4)38-36(37-33)23-18-20-29-31(21-23)39-30-16-10-9-15-28(30)35(29)27-14-8-7-13-25(27)26-19-17-22-11-5-6-12-24(22)32(26)35/h5-21H,1-4H3. The molecule has 0 saturated carbocycles. The van der Waals surface area contributed by atoms with Gasteiger partial charge < -0.3 is 9.31 Å². The van der Waals surface area contributed by atoms with Crippen LogP contribution in [0.5, 0.6) is 0 Å². The summed E-state index contributed by atoms with van der Waals surface area (Å²) in [5.74, 6) is 0. The van der Waals surface area contributed by atoms with E-state index in [0.29, 0.717) is 0 Å². The van der Waals surface area contributed by atoms with Crippen LogP contribution in [-0.2, 0) is 14.7 Å². The van der Waals surface area contributed by atoms with Gasteiger partial charge in [0.1, 0.15) is 0 Å². The Morgan fingerprint density at radius 3 is 2.08 bits per heavy atom. The van der Waals surface area contributed by atoms with Gasteiger partial charge in [0.05, 0.1) is 16.6 Å². The molecule has 2 nitrogen and oxygen atoms in total. The van der Waals surface area contributed by atoms with Crippen molar-refractivity contribution in [3.05, 3.63) is 125 Å². The van der Waals surface area contributed by atoms with Gasteiger partial charge in [-0.1, -0.05) is 103 Å². The largest absolute Gasteiger partial charge is 0.494 e. The fourth-order valence-corrected chi connectivity index (χ4v) is 8.07. The predicted octanol–water partition coefficient (Wildman–Crippen LogP) is 7.97. The smallest absolute Gasteiger partial charge is 0.399 e. The molecule has 0 radical (unpaired) electrons. The zero-order valence-electron chi connectivity index (χ0n) is 22.6. The predicted molar refractivity (Wildman–Crippen MR) is 161 cm³/mol. The molecular formula is C35H29BO2S. The summed E-state index contributed by atoms with van der Waals surface area (Å²) < 4.78 is 12.9. The van der Waals surface area contributed by atoms with Crippen LogP contribution in [0.15, 0.2) is 113 Å². The minimum atomic E-state index is -0.404. The Kier molecular flexibility index (Phi) is 4.76. The summed E-state index contributed by atoms with van der Waals surface area (Å²) >= 11 is 1.86. The Morgan fingerprint density at radius 1 is 0.590 bits per heavy atom. The quantitative estimate of drug-likeness (QED) is 0.203. The SMILES string of the molecule is CC1(C)OB(c2ccc3c(c2)Sc2ccccc2C32c3ccccc3-c3ccc4ccccc4c32)OC1(C)C. The molecule has 0 N–H and O–H groups in total. The van der Waals surface area contributed by atoms with Gasteiger partial charge in [0.25, 0.3) is 0 Å². The molecule has 4 heteroatoms. The van der Waals surface area contributed by atoms with Gasteiger partial charge >= 0.3 is 7.12 Å². The summed E-state index contributed by atoms with van der Waals surface area (Å²) in [5.41, 5.74) is 7.98. The van der Waals surface area contributed by atoms with E-state index < -0.39 is 12.5 Å². The molecule has 2 heterocycles. The lowest BCUT2D eigenvalue weighted by Gasteiger charge is -2.40. The maximum absolute atomic E-state index is 6.47. The fraction of sp³-hybridized carbons (Fsp3) is 0.200. The molecule has 1 saturated heterocycles. The van der Waals surface area contributed by atoms with Crippen LogP contribution in [0.25, 0.3) is 21.9 Å². The van der Waals surface area contributed by atoms with E-state index >= 15 is 0 Å². The van der Waals surface area contributed by atoms with Crippen molar-refractivity contribution in [1.29, 1.82) is 0 Å². The third kappa shape index (κ3) is 3.03. The Hall–Kier alpha value is -3.31. The molecule has 1 spiro atoms. The second-order valence-corrected chi connectivity index (χ2v) is 13.0. The molecule has 1 unspecified atom stereocenters. The maximum Gasteiger partial charge on any atom is 0.494 e. The van der Waals surface area contributed by atoms with Crippen molar-refractivity contribution in [2.24, 2.45) is 0 Å². The Balaban J connectivity index is 1.44. The van der Waals surface area contributed by atoms with E-state index in [1.165, 1.54) is 53.9 Å². The van der Waals surface area contributed by atoms with Crippen LogP contribution < -0.4 is 5.46 Å². The first-order valence-corrected chi connectivity index (χ1v) is 14.5. The average molecular weight is 524 g/mol. The number of fused-ring (bicyclic) bond motifs is 11. The van der Waals surface area contributed by atoms with E-state index in [4.69, 9.17) is 9.31 Å². The minimum absolute atomic E-state index is 0.378. The number of hydrogen-bond acceptors (Lipinski definition) is 3. The molecule has 1 atom stereocenters. The second-order valence-electron chi connectivity index (χ2n) is 11.9. The second kappa shape index (κ2) is 7.88. The van der Waals surface area contributed by atoms with Crippen molar-refractivity contribution in [2.45, 2.75) is 54.1 Å². The van der Waals surface area contributed by atoms with Crippen LogP contribution in [0.4, 0.5) is 0 Å². The highest BCUT2D eigenvalue weighted by atomic mass is 32.2. The summed E-state index contributed by atoms with van der Waals surface area (Å²) in [7, 11) is -0.391. The molecular weight excluding hydrogens is 495 g/mol. The third-order valence-corrected chi connectivity index (χ3v) is 10.5. The van der Waals surface area contributed by atoms with Crippen molar-refractivity contribution in [2.75, 3.05) is 0 Å². The molecule has 1 aliphatic carbocycles. The van der Waals surface area contributed by atoms with Crippen molar-refractivity contribution in [3.63, 3.8) is 0 Å². The third-order valence-electron chi connectivity index (χ3n) is 9.37. The van der Waals surface area contributed by atoms with Gasteiger partial charge in [-0.2, -0.15) is 0 Å². The molecule has 2 aliphatic heterocycles. The van der Waals surface area contributed by atoms with E-state index in [-0.39, 0.29) is 11.2 Å². The molecule has 8 rings (SSSR count). The number of benzene rings is 5. The van der Waals surface area contributed by atoms with Gasteiger partial charge in [0.2, 0.25) is 0 Å². The lowest BCUT2D eigenvalue weighted by Crippen LogP contribution is -2.41. The molecule has 0 aromatic heterocycles. The molecule has 0 amide bonds. The first-order chi connectivity index (χ1) is 18.8. The van der Waals surface area contributed by atoms with Crippen LogP contribution in [-0.4, -0.2) is 18.3 Å². The Labute approximate surface area is 234 Å². The van der Waals surface area contributed by atoms with Crippen LogP contribution in [0, 0.1) is 0 Å². The van der Waals surface area contributed by atoms with Crippen molar-refractivity contribution >= 4 is 35.1 Å². The highest BCUT2D eigenvalue weighted by molar-refractivity contribution is 7.99. The lowest BCUT2D eigenvalue weighted by atomic mass is 9.65. The van der Waals surface area contributed by atoms with E-state index in [1.54, 1.807) is 0 Å². The monoisotopic (exact) mass is 524 g/mol. The molecule has 190 valence electrons. The number of hydrogen-bond donors (Lipinski definition) is 0. The molecule has 5 aromatic rings. The van der Waals surface area contributed by atoms with E-state index in [1.807, 2.05) is 11.8 Å². The Morgan fingerprint density at radius 2 is 1.26 bits per heavy atom. The zero-order valence-corrected chi connectivity index (χ0v) is 23.4. The van der Waals surface area contributed by atoms with Crippen molar-refractivity contribution < 1.29 is 9.31 Å². The van der Waals surface area contributed by atoms with Gasteiger partial charge in [0, 0.05) is 9.79 Å². The summed E-state index contributed by atoms with van der Waals surface area (Å²) in [6.45, 7) is 8.46. The first kappa shape index (κ1) is 23.6. The minimum Gasteiger partial charge on any atom is -0.399 e. The average Bonchev–Trinajstić information content (AvgIpc) is 3.36. The summed E-state index contributed by atoms with van der Waals surface area (Å²) in [4.78, 5) is 2.56. The van der Waals surface area contributed by atoms with Crippen molar-refractivity contribution in [1.82, 2.24) is 0 Å². The molecule has 5 aromatic carbocycles. The van der Waals surface area contributed by atoms with Gasteiger partial charge in [-0.3, -0.25) is 0 Å². The van der Waals surface area contributed by atoms with E-state index in [2.05, 4.69) is 131 Å². The molecule has 39 heavy (non-hydrogen) atoms. The Bertz CT molecular complexity index is 1810. The summed E-state index contributed by atoms with van der Waals surface area (Å²) in [6.07, 6.45) is 0. The van der Waals surface area contributed by atoms with Gasteiger partial charge in [-0.25, -0.2) is 0 Å². The molecule has 3 aliphatic rings. The number of rotatable bonds is 1. The normalized spacial score (nSPS) is 21.5. The van der Waals surface area contributed by atoms with Crippen LogP contribution in [0.3, 0.4) is 0 Å². The van der Waals surface area contributed by atoms with E-state index in [0.717, 1.165) is 5.46 Å². The topological polar surface area (TPSA) is 18.5 Å². The van der Waals surface area contributed by atoms with E-state index in [9.17, 15) is 0 Å². The van der Waals surface area contributed by atoms with Crippen LogP contribution >= 0.6 is 11.8 Å². The molecule has 0 bridgehead atoms. The van der Waals surface area contributed by atoms with Crippen molar-refractivity contribution in [3.8, 4) is 11.1 Å². The highest BCUT2D eigenvalue weighted by Gasteiger charge is 2.54. The van der Waals surface area contributed by atoms with Gasteiger partial charge in [-0.05, 0) is 89.4 Å². The lowest BCUT2D eigenvalue weighted by molar-refractivity contribution is 0.00578. The summed E-state index contributed by atoms with van der Waals surface area (Å²) in [6, 6.07) is 38.3. The van der Waals surface area contributed by atoms with Crippen LogP contribution in [0.1, 0.15) is 49.9 Å². The highest BCUT2D eigenvalue weighted by Crippen LogP contribution is 2.63. The molecule has 1 fully saturated rings. The van der Waals surface area contributed by atoms with Gasteiger partial charge in [0.15, 0.2) is 0 Å². The zero-order chi connectivity index (χ0) is 26.6. The summed E-state index contributed by atoms with van der Waals surface area (Å²) in [5, 5.41) is 2.59. The first-order valence-electron chi connectivity index (χ1n) is 13.7. The maximum atomic E-state index is 6.47.